The second-order valence-corrected chi connectivity index (χ2v) is 28.6. The van der Waals surface area contributed by atoms with Crippen molar-refractivity contribution in [3.63, 3.8) is 0 Å². The van der Waals surface area contributed by atoms with Crippen LogP contribution < -0.4 is 0 Å². The van der Waals surface area contributed by atoms with Crippen molar-refractivity contribution >= 4 is 39.5 Å². The predicted molar refractivity (Wildman–Crippen MR) is 344 cm³/mol. The SMILES string of the molecule is CCC(C)CCCCCCCCCCC(=O)O[C@H](COC(=O)CCCCCCCCCCC(C)C)COP(=O)(O)OCC(O)COP(=O)(O)OC[C@@H](COC(=O)CCCCCCCCCCCCC(C)C)OC(=O)CCCCCCCCC(C)CC. The van der Waals surface area contributed by atoms with E-state index in [1.807, 2.05) is 0 Å². The molecule has 3 N–H and O–H groups in total. The summed E-state index contributed by atoms with van der Waals surface area (Å²) < 4.78 is 68.1. The van der Waals surface area contributed by atoms with Gasteiger partial charge in [-0.05, 0) is 49.4 Å². The lowest BCUT2D eigenvalue weighted by Gasteiger charge is -2.21. The Labute approximate surface area is 524 Å². The molecule has 0 radical (unpaired) electrons. The minimum atomic E-state index is -4.95. The van der Waals surface area contributed by atoms with Crippen LogP contribution in [0.15, 0.2) is 0 Å². The number of phosphoric ester groups is 2. The van der Waals surface area contributed by atoms with Crippen LogP contribution in [-0.2, 0) is 65.4 Å². The van der Waals surface area contributed by atoms with E-state index >= 15 is 0 Å². The predicted octanol–water partition coefficient (Wildman–Crippen LogP) is 18.5. The van der Waals surface area contributed by atoms with Crippen molar-refractivity contribution in [2.24, 2.45) is 23.7 Å². The number of phosphoric acid groups is 2. The van der Waals surface area contributed by atoms with Crippen molar-refractivity contribution in [2.45, 2.75) is 343 Å². The summed E-state index contributed by atoms with van der Waals surface area (Å²) in [6, 6.07) is 0. The van der Waals surface area contributed by atoms with E-state index in [4.69, 9.17) is 37.0 Å². The molecule has 5 unspecified atom stereocenters. The van der Waals surface area contributed by atoms with Crippen molar-refractivity contribution in [3.8, 4) is 0 Å². The van der Waals surface area contributed by atoms with Gasteiger partial charge in [-0.15, -0.1) is 0 Å². The standard InChI is InChI=1S/C67H130O17P2/c1-9-59(7)45-37-29-21-16-18-24-33-41-49-66(71)83-62(53-78-65(70)48-40-32-23-17-15-20-28-36-44-58(5)6)55-81-85(73,74)79-51-61(68)52-80-86(75,76)82-56-63(84-67(72)50-42-34-26-25-30-38-46-60(8)10-2)54-77-64(69)47-39-31-22-14-12-11-13-19-27-35-43-57(3)4/h57-63,68H,9-56H2,1-8H3,(H,73,74)(H,75,76)/t59?,60?,61?,62-,63-/m1/s1. The van der Waals surface area contributed by atoms with Crippen LogP contribution in [0.2, 0.25) is 0 Å². The summed E-state index contributed by atoms with van der Waals surface area (Å²) in [7, 11) is -9.90. The topological polar surface area (TPSA) is 237 Å². The molecule has 17 nitrogen and oxygen atoms in total. The van der Waals surface area contributed by atoms with Gasteiger partial charge in [-0.1, -0.05) is 274 Å². The molecule has 0 aromatic heterocycles. The molecule has 0 aliphatic carbocycles. The molecule has 0 rings (SSSR count). The van der Waals surface area contributed by atoms with Crippen molar-refractivity contribution < 1.29 is 80.2 Å². The number of ether oxygens (including phenoxy) is 4. The molecule has 0 aliphatic heterocycles. The average Bonchev–Trinajstić information content (AvgIpc) is 3.68. The Kier molecular flexibility index (Phi) is 55.7. The van der Waals surface area contributed by atoms with E-state index < -0.39 is 97.5 Å². The van der Waals surface area contributed by atoms with Crippen molar-refractivity contribution in [2.75, 3.05) is 39.6 Å². The number of aliphatic hydroxyl groups excluding tert-OH is 1. The third-order valence-corrected chi connectivity index (χ3v) is 17.9. The second kappa shape index (κ2) is 57.0. The van der Waals surface area contributed by atoms with Gasteiger partial charge < -0.3 is 33.8 Å². The number of aliphatic hydroxyl groups is 1. The van der Waals surface area contributed by atoms with E-state index in [9.17, 15) is 43.2 Å². The molecule has 0 amide bonds. The van der Waals surface area contributed by atoms with Crippen LogP contribution in [0.25, 0.3) is 0 Å². The van der Waals surface area contributed by atoms with E-state index in [1.54, 1.807) is 0 Å². The minimum absolute atomic E-state index is 0.102. The maximum absolute atomic E-state index is 13.0. The van der Waals surface area contributed by atoms with E-state index in [0.29, 0.717) is 25.7 Å². The monoisotopic (exact) mass is 1270 g/mol. The lowest BCUT2D eigenvalue weighted by Crippen LogP contribution is -2.30. The first-order valence-electron chi connectivity index (χ1n) is 34.8. The fourth-order valence-corrected chi connectivity index (χ4v) is 11.5. The minimum Gasteiger partial charge on any atom is -0.462 e. The Morgan fingerprint density at radius 3 is 0.826 bits per heavy atom. The number of carbonyl (C=O) groups excluding carboxylic acids is 4. The number of rotatable bonds is 64. The molecular formula is C67H130O17P2. The highest BCUT2D eigenvalue weighted by Gasteiger charge is 2.30. The number of unbranched alkanes of at least 4 members (excludes halogenated alkanes) is 28. The first-order chi connectivity index (χ1) is 41.2. The summed E-state index contributed by atoms with van der Waals surface area (Å²) in [6.45, 7) is 14.0. The lowest BCUT2D eigenvalue weighted by atomic mass is 9.99. The summed E-state index contributed by atoms with van der Waals surface area (Å²) >= 11 is 0. The van der Waals surface area contributed by atoms with Gasteiger partial charge >= 0.3 is 39.5 Å². The van der Waals surface area contributed by atoms with Crippen LogP contribution in [0.5, 0.6) is 0 Å². The van der Waals surface area contributed by atoms with Crippen molar-refractivity contribution in [3.05, 3.63) is 0 Å². The summed E-state index contributed by atoms with van der Waals surface area (Å²) in [5.41, 5.74) is 0. The zero-order valence-electron chi connectivity index (χ0n) is 55.9. The van der Waals surface area contributed by atoms with E-state index in [0.717, 1.165) is 114 Å². The molecular weight excluding hydrogens is 1140 g/mol. The Bertz CT molecular complexity index is 1720. The van der Waals surface area contributed by atoms with E-state index in [-0.39, 0.29) is 25.7 Å². The van der Waals surface area contributed by atoms with Gasteiger partial charge in [0, 0.05) is 25.7 Å². The van der Waals surface area contributed by atoms with Gasteiger partial charge in [-0.3, -0.25) is 37.3 Å². The Morgan fingerprint density at radius 2 is 0.558 bits per heavy atom. The molecule has 0 fully saturated rings. The molecule has 0 aromatic carbocycles. The molecule has 0 bridgehead atoms. The molecule has 0 aliphatic rings. The quantitative estimate of drug-likeness (QED) is 0.0222. The van der Waals surface area contributed by atoms with Crippen molar-refractivity contribution in [1.82, 2.24) is 0 Å². The van der Waals surface area contributed by atoms with Crippen LogP contribution in [-0.4, -0.2) is 96.7 Å². The van der Waals surface area contributed by atoms with Crippen LogP contribution >= 0.6 is 15.6 Å². The lowest BCUT2D eigenvalue weighted by molar-refractivity contribution is -0.161. The summed E-state index contributed by atoms with van der Waals surface area (Å²) in [6.07, 6.45) is 37.6. The third-order valence-electron chi connectivity index (χ3n) is 16.0. The van der Waals surface area contributed by atoms with Crippen LogP contribution in [0.1, 0.15) is 325 Å². The molecule has 0 spiro atoms. The second-order valence-electron chi connectivity index (χ2n) is 25.6. The number of esters is 4. The highest BCUT2D eigenvalue weighted by molar-refractivity contribution is 7.47. The highest BCUT2D eigenvalue weighted by atomic mass is 31.2. The number of hydrogen-bond donors (Lipinski definition) is 3. The van der Waals surface area contributed by atoms with Gasteiger partial charge in [-0.2, -0.15) is 0 Å². The summed E-state index contributed by atoms with van der Waals surface area (Å²) in [5, 5.41) is 10.6. The zero-order chi connectivity index (χ0) is 63.9. The van der Waals surface area contributed by atoms with Gasteiger partial charge in [-0.25, -0.2) is 9.13 Å². The molecule has 7 atom stereocenters. The Hall–Kier alpha value is -1.94. The summed E-state index contributed by atoms with van der Waals surface area (Å²) in [5.74, 6) is 0.837. The molecule has 0 saturated carbocycles. The molecule has 510 valence electrons. The van der Waals surface area contributed by atoms with Gasteiger partial charge in [0.25, 0.3) is 0 Å². The highest BCUT2D eigenvalue weighted by Crippen LogP contribution is 2.45. The van der Waals surface area contributed by atoms with Crippen LogP contribution in [0, 0.1) is 23.7 Å². The zero-order valence-corrected chi connectivity index (χ0v) is 57.7. The molecule has 0 heterocycles. The van der Waals surface area contributed by atoms with Gasteiger partial charge in [0.2, 0.25) is 0 Å². The summed E-state index contributed by atoms with van der Waals surface area (Å²) in [4.78, 5) is 72.4. The average molecular weight is 1270 g/mol. The third kappa shape index (κ3) is 58.4. The molecule has 0 aromatic rings. The Balaban J connectivity index is 5.26. The smallest absolute Gasteiger partial charge is 0.462 e. The Morgan fingerprint density at radius 1 is 0.326 bits per heavy atom. The van der Waals surface area contributed by atoms with Gasteiger partial charge in [0.15, 0.2) is 12.2 Å². The maximum atomic E-state index is 13.0. The fraction of sp³-hybridized carbons (Fsp3) is 0.940. The van der Waals surface area contributed by atoms with Crippen LogP contribution in [0.3, 0.4) is 0 Å². The van der Waals surface area contributed by atoms with E-state index in [2.05, 4.69) is 55.4 Å². The van der Waals surface area contributed by atoms with Crippen molar-refractivity contribution in [1.29, 1.82) is 0 Å². The maximum Gasteiger partial charge on any atom is 0.472 e. The fourth-order valence-electron chi connectivity index (χ4n) is 9.89. The normalized spacial score (nSPS) is 15.0. The van der Waals surface area contributed by atoms with Crippen LogP contribution in [0.4, 0.5) is 0 Å². The number of hydrogen-bond acceptors (Lipinski definition) is 15. The van der Waals surface area contributed by atoms with E-state index in [1.165, 1.54) is 128 Å². The number of carbonyl (C=O) groups is 4. The first kappa shape index (κ1) is 84.1. The van der Waals surface area contributed by atoms with Gasteiger partial charge in [0.1, 0.15) is 19.3 Å². The molecule has 86 heavy (non-hydrogen) atoms. The van der Waals surface area contributed by atoms with Gasteiger partial charge in [0.05, 0.1) is 26.4 Å². The molecule has 19 heteroatoms. The molecule has 0 saturated heterocycles. The first-order valence-corrected chi connectivity index (χ1v) is 37.8. The largest absolute Gasteiger partial charge is 0.472 e.